The second-order valence-electron chi connectivity index (χ2n) is 5.53. The van der Waals surface area contributed by atoms with Crippen molar-refractivity contribution in [3.8, 4) is 5.75 Å². The van der Waals surface area contributed by atoms with Crippen LogP contribution in [0.5, 0.6) is 5.75 Å². The van der Waals surface area contributed by atoms with Gasteiger partial charge in [-0.1, -0.05) is 29.8 Å². The Kier molecular flexibility index (Phi) is 6.98. The molecule has 0 aromatic heterocycles. The molecular weight excluding hydrogens is 320 g/mol. The van der Waals surface area contributed by atoms with Gasteiger partial charge in [-0.05, 0) is 36.8 Å². The minimum absolute atomic E-state index is 0.169. The normalized spacial score (nSPS) is 10.2. The summed E-state index contributed by atoms with van der Waals surface area (Å²) >= 11 is 0. The number of hydrogen-bond acceptors (Lipinski definition) is 4. The number of aryl methyl sites for hydroxylation is 1. The fourth-order valence-electron chi connectivity index (χ4n) is 2.07. The maximum absolute atomic E-state index is 11.7. The molecule has 0 heterocycles. The summed E-state index contributed by atoms with van der Waals surface area (Å²) in [6.45, 7) is 2.02. The highest BCUT2D eigenvalue weighted by Crippen LogP contribution is 2.11. The largest absolute Gasteiger partial charge is 0.497 e. The van der Waals surface area contributed by atoms with E-state index in [4.69, 9.17) is 9.47 Å². The monoisotopic (exact) mass is 342 g/mol. The van der Waals surface area contributed by atoms with Gasteiger partial charge in [0, 0.05) is 12.2 Å². The van der Waals surface area contributed by atoms with Crippen LogP contribution in [0, 0.1) is 6.92 Å². The summed E-state index contributed by atoms with van der Waals surface area (Å²) in [5, 5.41) is 5.43. The van der Waals surface area contributed by atoms with Crippen molar-refractivity contribution in [1.29, 1.82) is 0 Å². The van der Waals surface area contributed by atoms with Gasteiger partial charge in [-0.15, -0.1) is 0 Å². The van der Waals surface area contributed by atoms with Gasteiger partial charge in [-0.25, -0.2) is 0 Å². The van der Waals surface area contributed by atoms with Gasteiger partial charge < -0.3 is 20.1 Å². The molecule has 0 saturated carbocycles. The first-order valence-electron chi connectivity index (χ1n) is 7.90. The lowest BCUT2D eigenvalue weighted by Gasteiger charge is -2.08. The zero-order valence-electron chi connectivity index (χ0n) is 14.4. The second kappa shape index (κ2) is 9.44. The maximum atomic E-state index is 11.7. The van der Waals surface area contributed by atoms with E-state index in [9.17, 15) is 9.59 Å². The summed E-state index contributed by atoms with van der Waals surface area (Å²) < 4.78 is 10.2. The molecular formula is C19H22N2O4. The molecule has 0 bridgehead atoms. The smallest absolute Gasteiger partial charge is 0.250 e. The topological polar surface area (TPSA) is 76.7 Å². The molecule has 2 aromatic carbocycles. The van der Waals surface area contributed by atoms with E-state index >= 15 is 0 Å². The second-order valence-corrected chi connectivity index (χ2v) is 5.53. The number of ether oxygens (including phenoxy) is 2. The minimum atomic E-state index is -0.299. The summed E-state index contributed by atoms with van der Waals surface area (Å²) in [7, 11) is 1.60. The molecule has 0 spiro atoms. The lowest BCUT2D eigenvalue weighted by molar-refractivity contribution is -0.128. The van der Waals surface area contributed by atoms with Crippen molar-refractivity contribution < 1.29 is 19.1 Å². The van der Waals surface area contributed by atoms with Gasteiger partial charge in [0.05, 0.1) is 7.11 Å². The van der Waals surface area contributed by atoms with Crippen LogP contribution in [0.1, 0.15) is 11.1 Å². The molecule has 0 aliphatic carbocycles. The molecule has 0 unspecified atom stereocenters. The molecule has 2 amide bonds. The Morgan fingerprint density at radius 3 is 2.20 bits per heavy atom. The Morgan fingerprint density at radius 2 is 1.56 bits per heavy atom. The highest BCUT2D eigenvalue weighted by molar-refractivity contribution is 5.91. The molecule has 2 aromatic rings. The Balaban J connectivity index is 1.64. The van der Waals surface area contributed by atoms with Crippen LogP contribution in [0.3, 0.4) is 0 Å². The van der Waals surface area contributed by atoms with Crippen LogP contribution in [-0.4, -0.2) is 32.1 Å². The third kappa shape index (κ3) is 6.64. The van der Waals surface area contributed by atoms with Gasteiger partial charge in [-0.2, -0.15) is 0 Å². The van der Waals surface area contributed by atoms with E-state index in [0.29, 0.717) is 12.2 Å². The van der Waals surface area contributed by atoms with Crippen LogP contribution >= 0.6 is 0 Å². The molecule has 25 heavy (non-hydrogen) atoms. The number of methoxy groups -OCH3 is 1. The van der Waals surface area contributed by atoms with Crippen molar-refractivity contribution in [1.82, 2.24) is 5.32 Å². The average molecular weight is 342 g/mol. The van der Waals surface area contributed by atoms with Crippen molar-refractivity contribution >= 4 is 17.5 Å². The van der Waals surface area contributed by atoms with Gasteiger partial charge in [0.15, 0.2) is 0 Å². The van der Waals surface area contributed by atoms with Gasteiger partial charge in [0.1, 0.15) is 19.0 Å². The van der Waals surface area contributed by atoms with Crippen molar-refractivity contribution in [2.24, 2.45) is 0 Å². The van der Waals surface area contributed by atoms with Crippen molar-refractivity contribution in [2.45, 2.75) is 13.5 Å². The predicted molar refractivity (Wildman–Crippen MR) is 95.5 cm³/mol. The van der Waals surface area contributed by atoms with E-state index in [-0.39, 0.29) is 25.0 Å². The van der Waals surface area contributed by atoms with Crippen molar-refractivity contribution in [3.63, 3.8) is 0 Å². The summed E-state index contributed by atoms with van der Waals surface area (Å²) in [4.78, 5) is 23.5. The van der Waals surface area contributed by atoms with Crippen LogP contribution in [0.25, 0.3) is 0 Å². The summed E-state index contributed by atoms with van der Waals surface area (Å²) in [6.07, 6.45) is 0. The zero-order valence-corrected chi connectivity index (χ0v) is 14.4. The Hall–Kier alpha value is -2.86. The van der Waals surface area contributed by atoms with Gasteiger partial charge >= 0.3 is 0 Å². The third-order valence-electron chi connectivity index (χ3n) is 3.45. The molecule has 132 valence electrons. The Labute approximate surface area is 147 Å². The summed E-state index contributed by atoms with van der Waals surface area (Å²) in [6, 6.07) is 14.8. The van der Waals surface area contributed by atoms with E-state index in [1.807, 2.05) is 55.5 Å². The number of benzene rings is 2. The predicted octanol–water partition coefficient (Wildman–Crippen LogP) is 2.28. The fourth-order valence-corrected chi connectivity index (χ4v) is 2.07. The van der Waals surface area contributed by atoms with Gasteiger partial charge in [0.2, 0.25) is 11.8 Å². The molecule has 0 radical (unpaired) electrons. The molecule has 0 saturated heterocycles. The number of nitrogens with one attached hydrogen (secondary N) is 2. The first-order valence-corrected chi connectivity index (χ1v) is 7.90. The Bertz CT molecular complexity index is 696. The first kappa shape index (κ1) is 18.5. The van der Waals surface area contributed by atoms with E-state index in [2.05, 4.69) is 10.6 Å². The van der Waals surface area contributed by atoms with E-state index in [0.717, 1.165) is 16.9 Å². The number of carbonyl (C=O) groups is 2. The molecule has 0 fully saturated rings. The molecule has 2 N–H and O–H groups in total. The number of rotatable bonds is 8. The van der Waals surface area contributed by atoms with E-state index in [1.54, 1.807) is 7.11 Å². The van der Waals surface area contributed by atoms with Crippen LogP contribution in [0.4, 0.5) is 5.69 Å². The molecule has 0 atom stereocenters. The average Bonchev–Trinajstić information content (AvgIpc) is 2.62. The highest BCUT2D eigenvalue weighted by atomic mass is 16.5. The van der Waals surface area contributed by atoms with Crippen LogP contribution < -0.4 is 15.4 Å². The number of carbonyl (C=O) groups excluding carboxylic acids is 2. The van der Waals surface area contributed by atoms with Crippen LogP contribution in [0.15, 0.2) is 48.5 Å². The highest BCUT2D eigenvalue weighted by Gasteiger charge is 2.06. The Morgan fingerprint density at radius 1 is 0.920 bits per heavy atom. The molecule has 6 nitrogen and oxygen atoms in total. The maximum Gasteiger partial charge on any atom is 0.250 e. The fraction of sp³-hybridized carbons (Fsp3) is 0.263. The molecule has 0 aliphatic heterocycles. The summed E-state index contributed by atoms with van der Waals surface area (Å²) in [5.74, 6) is 0.184. The number of anilines is 1. The lowest BCUT2D eigenvalue weighted by Crippen LogP contribution is -2.29. The molecule has 6 heteroatoms. The SMILES string of the molecule is COc1ccc(CNC(=O)COCC(=O)Nc2ccc(C)cc2)cc1. The van der Waals surface area contributed by atoms with Gasteiger partial charge in [-0.3, -0.25) is 9.59 Å². The van der Waals surface area contributed by atoms with E-state index < -0.39 is 0 Å². The molecule has 2 rings (SSSR count). The first-order chi connectivity index (χ1) is 12.1. The zero-order chi connectivity index (χ0) is 18.1. The molecule has 0 aliphatic rings. The van der Waals surface area contributed by atoms with Gasteiger partial charge in [0.25, 0.3) is 0 Å². The number of amides is 2. The summed E-state index contributed by atoms with van der Waals surface area (Å²) in [5.41, 5.74) is 2.76. The van der Waals surface area contributed by atoms with Crippen molar-refractivity contribution in [3.05, 3.63) is 59.7 Å². The van der Waals surface area contributed by atoms with Crippen LogP contribution in [-0.2, 0) is 20.9 Å². The standard InChI is InChI=1S/C19H22N2O4/c1-14-3-7-16(8-4-14)21-19(23)13-25-12-18(22)20-11-15-5-9-17(24-2)10-6-15/h3-10H,11-13H2,1-2H3,(H,20,22)(H,21,23). The third-order valence-corrected chi connectivity index (χ3v) is 3.45. The minimum Gasteiger partial charge on any atom is -0.497 e. The number of hydrogen-bond donors (Lipinski definition) is 2. The van der Waals surface area contributed by atoms with Crippen LogP contribution in [0.2, 0.25) is 0 Å². The van der Waals surface area contributed by atoms with Crippen molar-refractivity contribution in [2.75, 3.05) is 25.6 Å². The lowest BCUT2D eigenvalue weighted by atomic mass is 10.2. The van der Waals surface area contributed by atoms with E-state index in [1.165, 1.54) is 0 Å². The quantitative estimate of drug-likeness (QED) is 0.772.